The molecule has 1 saturated carbocycles. The molecule has 1 aliphatic heterocycles. The van der Waals surface area contributed by atoms with E-state index in [1.54, 1.807) is 12.1 Å². The summed E-state index contributed by atoms with van der Waals surface area (Å²) in [7, 11) is 0. The fraction of sp³-hybridized carbons (Fsp3) is 0.160. The molecule has 0 radical (unpaired) electrons. The molecule has 162 valence electrons. The van der Waals surface area contributed by atoms with Crippen LogP contribution in [0.3, 0.4) is 0 Å². The van der Waals surface area contributed by atoms with E-state index in [9.17, 15) is 23.8 Å². The van der Waals surface area contributed by atoms with E-state index in [4.69, 9.17) is 11.6 Å². The molecule has 0 bridgehead atoms. The van der Waals surface area contributed by atoms with E-state index in [2.05, 4.69) is 5.32 Å². The largest absolute Gasteiger partial charge is 0.506 e. The molecule has 3 aromatic rings. The molecule has 5 rings (SSSR count). The van der Waals surface area contributed by atoms with E-state index in [1.807, 2.05) is 24.3 Å². The second kappa shape index (κ2) is 7.43. The minimum Gasteiger partial charge on any atom is -0.506 e. The van der Waals surface area contributed by atoms with Gasteiger partial charge >= 0.3 is 0 Å². The van der Waals surface area contributed by atoms with Gasteiger partial charge in [-0.3, -0.25) is 4.79 Å². The van der Waals surface area contributed by atoms with Gasteiger partial charge in [-0.1, -0.05) is 41.9 Å². The summed E-state index contributed by atoms with van der Waals surface area (Å²) in [6, 6.07) is 14.3. The molecule has 1 amide bonds. The Kier molecular flexibility index (Phi) is 4.80. The molecule has 0 atom stereocenters. The minimum atomic E-state index is -1.23. The van der Waals surface area contributed by atoms with E-state index < -0.39 is 28.9 Å². The number of halogens is 3. The van der Waals surface area contributed by atoms with E-state index >= 15 is 0 Å². The molecular weight excluding hydrogens is 436 g/mol. The summed E-state index contributed by atoms with van der Waals surface area (Å²) in [5.74, 6) is -3.65. The number of anilines is 1. The Hall–Kier alpha value is -3.22. The maximum Gasteiger partial charge on any atom is 0.260 e. The molecule has 2 aliphatic rings. The van der Waals surface area contributed by atoms with Gasteiger partial charge in [-0.15, -0.1) is 0 Å². The van der Waals surface area contributed by atoms with Crippen molar-refractivity contribution in [3.05, 3.63) is 87.9 Å². The molecule has 4 nitrogen and oxygen atoms in total. The van der Waals surface area contributed by atoms with E-state index in [0.717, 1.165) is 30.0 Å². The van der Waals surface area contributed by atoms with Crippen molar-refractivity contribution in [1.82, 2.24) is 0 Å². The summed E-state index contributed by atoms with van der Waals surface area (Å²) >= 11 is 6.47. The predicted molar refractivity (Wildman–Crippen MR) is 119 cm³/mol. The first-order chi connectivity index (χ1) is 15.3. The number of amides is 1. The number of rotatable bonds is 4. The SMILES string of the molecule is O=C1Nc2cc(Cl)c(-c3ccc(C4(CO)CC4)cc3)cc2C1=C(O)c1cccc(F)c1F. The first-order valence-corrected chi connectivity index (χ1v) is 10.5. The molecule has 1 heterocycles. The van der Waals surface area contributed by atoms with Gasteiger partial charge in [0.05, 0.1) is 28.5 Å². The van der Waals surface area contributed by atoms with Gasteiger partial charge in [0, 0.05) is 16.5 Å². The quantitative estimate of drug-likeness (QED) is 0.351. The number of aliphatic hydroxyl groups excluding tert-OH is 2. The van der Waals surface area contributed by atoms with Crippen LogP contribution < -0.4 is 5.32 Å². The Morgan fingerprint density at radius 2 is 1.78 bits per heavy atom. The monoisotopic (exact) mass is 453 g/mol. The summed E-state index contributed by atoms with van der Waals surface area (Å²) < 4.78 is 27.9. The highest BCUT2D eigenvalue weighted by Crippen LogP contribution is 2.48. The lowest BCUT2D eigenvalue weighted by atomic mass is 9.93. The van der Waals surface area contributed by atoms with E-state index in [0.29, 0.717) is 21.8 Å². The van der Waals surface area contributed by atoms with Crippen LogP contribution in [-0.4, -0.2) is 22.7 Å². The Bertz CT molecular complexity index is 1300. The van der Waals surface area contributed by atoms with Gasteiger partial charge in [-0.2, -0.15) is 0 Å². The van der Waals surface area contributed by atoms with Crippen molar-refractivity contribution in [2.75, 3.05) is 11.9 Å². The molecule has 32 heavy (non-hydrogen) atoms. The molecule has 3 aromatic carbocycles. The highest BCUT2D eigenvalue weighted by molar-refractivity contribution is 6.38. The lowest BCUT2D eigenvalue weighted by Gasteiger charge is -2.14. The van der Waals surface area contributed by atoms with Gasteiger partial charge in [-0.25, -0.2) is 8.78 Å². The molecule has 0 saturated heterocycles. The van der Waals surface area contributed by atoms with Crippen LogP contribution in [0.5, 0.6) is 0 Å². The van der Waals surface area contributed by atoms with Crippen molar-refractivity contribution in [2.24, 2.45) is 0 Å². The third-order valence-electron chi connectivity index (χ3n) is 6.26. The van der Waals surface area contributed by atoms with Gasteiger partial charge in [0.15, 0.2) is 11.6 Å². The van der Waals surface area contributed by atoms with Gasteiger partial charge in [0.1, 0.15) is 5.76 Å². The van der Waals surface area contributed by atoms with Crippen LogP contribution in [0.25, 0.3) is 22.5 Å². The third kappa shape index (κ3) is 3.18. The van der Waals surface area contributed by atoms with E-state index in [-0.39, 0.29) is 17.6 Å². The molecule has 1 fully saturated rings. The molecule has 0 aromatic heterocycles. The molecule has 1 aliphatic carbocycles. The Morgan fingerprint density at radius 3 is 2.44 bits per heavy atom. The highest BCUT2D eigenvalue weighted by atomic mass is 35.5. The van der Waals surface area contributed by atoms with Gasteiger partial charge in [0.25, 0.3) is 5.91 Å². The average molecular weight is 454 g/mol. The lowest BCUT2D eigenvalue weighted by Crippen LogP contribution is -2.11. The fourth-order valence-corrected chi connectivity index (χ4v) is 4.43. The maximum absolute atomic E-state index is 14.2. The van der Waals surface area contributed by atoms with Crippen LogP contribution in [-0.2, 0) is 10.2 Å². The normalized spacial score (nSPS) is 17.7. The summed E-state index contributed by atoms with van der Waals surface area (Å²) in [4.78, 5) is 12.6. The number of aliphatic hydroxyl groups is 2. The number of benzene rings is 3. The van der Waals surface area contributed by atoms with Gasteiger partial charge in [-0.05, 0) is 48.2 Å². The number of fused-ring (bicyclic) bond motifs is 1. The zero-order valence-electron chi connectivity index (χ0n) is 16.8. The summed E-state index contributed by atoms with van der Waals surface area (Å²) in [5.41, 5.74) is 2.45. The van der Waals surface area contributed by atoms with Crippen LogP contribution in [0.4, 0.5) is 14.5 Å². The topological polar surface area (TPSA) is 69.6 Å². The summed E-state index contributed by atoms with van der Waals surface area (Å²) in [6.07, 6.45) is 1.89. The Balaban J connectivity index is 1.61. The molecule has 3 N–H and O–H groups in total. The summed E-state index contributed by atoms with van der Waals surface area (Å²) in [6.45, 7) is 0.101. The number of carbonyl (C=O) groups is 1. The summed E-state index contributed by atoms with van der Waals surface area (Å²) in [5, 5.41) is 23.3. The molecule has 0 unspecified atom stereocenters. The minimum absolute atomic E-state index is 0.101. The Labute approximate surface area is 187 Å². The number of carbonyl (C=O) groups excluding carboxylic acids is 1. The predicted octanol–water partition coefficient (Wildman–Crippen LogP) is 5.69. The van der Waals surface area contributed by atoms with Crippen LogP contribution in [0, 0.1) is 11.6 Å². The maximum atomic E-state index is 14.2. The van der Waals surface area contributed by atoms with Crippen molar-refractivity contribution in [3.8, 4) is 11.1 Å². The Morgan fingerprint density at radius 1 is 1.06 bits per heavy atom. The van der Waals surface area contributed by atoms with Crippen LogP contribution in [0.2, 0.25) is 5.02 Å². The average Bonchev–Trinajstić information content (AvgIpc) is 3.52. The van der Waals surface area contributed by atoms with Gasteiger partial charge < -0.3 is 15.5 Å². The highest BCUT2D eigenvalue weighted by Gasteiger charge is 2.43. The van der Waals surface area contributed by atoms with Crippen molar-refractivity contribution in [1.29, 1.82) is 0 Å². The zero-order chi connectivity index (χ0) is 22.6. The third-order valence-corrected chi connectivity index (χ3v) is 6.57. The van der Waals surface area contributed by atoms with Gasteiger partial charge in [0.2, 0.25) is 0 Å². The van der Waals surface area contributed by atoms with E-state index in [1.165, 1.54) is 12.1 Å². The number of hydrogen-bond acceptors (Lipinski definition) is 3. The van der Waals surface area contributed by atoms with Crippen molar-refractivity contribution in [3.63, 3.8) is 0 Å². The van der Waals surface area contributed by atoms with Crippen molar-refractivity contribution >= 4 is 34.5 Å². The first-order valence-electron chi connectivity index (χ1n) is 10.1. The smallest absolute Gasteiger partial charge is 0.260 e. The first kappa shape index (κ1) is 20.7. The lowest BCUT2D eigenvalue weighted by molar-refractivity contribution is -0.110. The number of hydrogen-bond donors (Lipinski definition) is 3. The standard InChI is InChI=1S/C25H18ClF2NO3/c26-18-11-20-17(10-16(18)13-4-6-14(7-5-13)25(12-30)8-9-25)21(24(32)29-20)23(31)15-2-1-3-19(27)22(15)28/h1-7,10-11,30-31H,8-9,12H2,(H,29,32). The number of nitrogens with one attached hydrogen (secondary N) is 1. The zero-order valence-corrected chi connectivity index (χ0v) is 17.5. The molecule has 7 heteroatoms. The van der Waals surface area contributed by atoms with Crippen molar-refractivity contribution in [2.45, 2.75) is 18.3 Å². The van der Waals surface area contributed by atoms with Crippen LogP contribution in [0.1, 0.15) is 29.5 Å². The van der Waals surface area contributed by atoms with Crippen molar-refractivity contribution < 1.29 is 23.8 Å². The van der Waals surface area contributed by atoms with Crippen LogP contribution in [0.15, 0.2) is 54.6 Å². The fourth-order valence-electron chi connectivity index (χ4n) is 4.16. The van der Waals surface area contributed by atoms with Crippen LogP contribution >= 0.6 is 11.6 Å². The molecular formula is C25H18ClF2NO3. The molecule has 0 spiro atoms. The second-order valence-electron chi connectivity index (χ2n) is 8.17. The second-order valence-corrected chi connectivity index (χ2v) is 8.58.